The second kappa shape index (κ2) is 6.18. The minimum Gasteiger partial charge on any atom is -0.391 e. The molecule has 7 heteroatoms. The van der Waals surface area contributed by atoms with Crippen molar-refractivity contribution >= 4 is 17.2 Å². The maximum absolute atomic E-state index is 12.3. The first-order chi connectivity index (χ1) is 10.2. The zero-order chi connectivity index (χ0) is 16.5. The Morgan fingerprint density at radius 1 is 1.50 bits per heavy atom. The van der Waals surface area contributed by atoms with Crippen molar-refractivity contribution in [2.75, 3.05) is 6.54 Å². The molecule has 0 bridgehead atoms. The van der Waals surface area contributed by atoms with E-state index in [1.165, 1.54) is 11.3 Å². The molecule has 22 heavy (non-hydrogen) atoms. The lowest BCUT2D eigenvalue weighted by molar-refractivity contribution is 0.0588. The Kier molecular flexibility index (Phi) is 4.67. The van der Waals surface area contributed by atoms with Crippen LogP contribution in [0.3, 0.4) is 0 Å². The summed E-state index contributed by atoms with van der Waals surface area (Å²) in [4.78, 5) is 17.3. The Bertz CT molecular complexity index is 669. The fraction of sp³-hybridized carbons (Fsp3) is 0.533. The van der Waals surface area contributed by atoms with E-state index >= 15 is 0 Å². The number of hydrogen-bond donors (Lipinski definition) is 2. The van der Waals surface area contributed by atoms with Crippen molar-refractivity contribution in [2.45, 2.75) is 33.8 Å². The van der Waals surface area contributed by atoms with Crippen molar-refractivity contribution in [2.24, 2.45) is 12.5 Å². The third kappa shape index (κ3) is 3.72. The van der Waals surface area contributed by atoms with Gasteiger partial charge in [0.15, 0.2) is 0 Å². The molecule has 0 saturated heterocycles. The molecule has 2 aromatic heterocycles. The minimum absolute atomic E-state index is 0.201. The van der Waals surface area contributed by atoms with Crippen molar-refractivity contribution in [1.82, 2.24) is 20.1 Å². The van der Waals surface area contributed by atoms with E-state index in [-0.39, 0.29) is 17.9 Å². The summed E-state index contributed by atoms with van der Waals surface area (Å²) in [7, 11) is 1.84. The number of amides is 1. The number of hydrogen-bond acceptors (Lipinski definition) is 5. The third-order valence-corrected chi connectivity index (χ3v) is 4.62. The molecule has 2 aromatic rings. The molecule has 0 aromatic carbocycles. The summed E-state index contributed by atoms with van der Waals surface area (Å²) < 4.78 is 1.70. The molecular formula is C15H22N4O2S. The lowest BCUT2D eigenvalue weighted by atomic mass is 9.89. The molecule has 0 aliphatic rings. The monoisotopic (exact) mass is 322 g/mol. The van der Waals surface area contributed by atoms with Gasteiger partial charge in [-0.25, -0.2) is 4.98 Å². The number of aliphatic hydroxyl groups is 1. The molecule has 2 rings (SSSR count). The maximum Gasteiger partial charge on any atom is 0.263 e. The highest BCUT2D eigenvalue weighted by Crippen LogP contribution is 2.27. The largest absolute Gasteiger partial charge is 0.391 e. The van der Waals surface area contributed by atoms with E-state index < -0.39 is 6.10 Å². The molecule has 1 atom stereocenters. The van der Waals surface area contributed by atoms with Crippen LogP contribution in [0.5, 0.6) is 0 Å². The van der Waals surface area contributed by atoms with Crippen molar-refractivity contribution in [3.05, 3.63) is 23.0 Å². The van der Waals surface area contributed by atoms with Crippen LogP contribution in [0.25, 0.3) is 10.6 Å². The average molecular weight is 322 g/mol. The topological polar surface area (TPSA) is 80.0 Å². The van der Waals surface area contributed by atoms with Gasteiger partial charge in [0, 0.05) is 25.4 Å². The van der Waals surface area contributed by atoms with Gasteiger partial charge in [-0.05, 0) is 12.3 Å². The van der Waals surface area contributed by atoms with Crippen molar-refractivity contribution in [3.63, 3.8) is 0 Å². The lowest BCUT2D eigenvalue weighted by Gasteiger charge is -2.25. The highest BCUT2D eigenvalue weighted by Gasteiger charge is 2.24. The third-order valence-electron chi connectivity index (χ3n) is 3.41. The van der Waals surface area contributed by atoms with Crippen molar-refractivity contribution in [3.8, 4) is 10.6 Å². The molecule has 0 aliphatic carbocycles. The zero-order valence-electron chi connectivity index (χ0n) is 13.5. The number of nitrogens with zero attached hydrogens (tertiary/aromatic N) is 3. The van der Waals surface area contributed by atoms with Crippen LogP contribution < -0.4 is 5.32 Å². The second-order valence-corrected chi connectivity index (χ2v) is 7.43. The summed E-state index contributed by atoms with van der Waals surface area (Å²) in [6.45, 7) is 7.83. The first kappa shape index (κ1) is 16.6. The Morgan fingerprint density at radius 2 is 2.18 bits per heavy atom. The molecule has 6 nitrogen and oxygen atoms in total. The van der Waals surface area contributed by atoms with Crippen molar-refractivity contribution < 1.29 is 9.90 Å². The van der Waals surface area contributed by atoms with Crippen LogP contribution in [0.2, 0.25) is 0 Å². The van der Waals surface area contributed by atoms with Gasteiger partial charge in [0.05, 0.1) is 18.0 Å². The summed E-state index contributed by atoms with van der Waals surface area (Å²) >= 11 is 1.34. The minimum atomic E-state index is -0.595. The van der Waals surface area contributed by atoms with Gasteiger partial charge >= 0.3 is 0 Å². The SMILES string of the molecule is Cc1nc(-c2cnn(C)c2)sc1C(=O)NCC(O)C(C)(C)C. The summed E-state index contributed by atoms with van der Waals surface area (Å²) in [6.07, 6.45) is 2.99. The molecule has 1 amide bonds. The van der Waals surface area contributed by atoms with Crippen LogP contribution in [-0.4, -0.2) is 38.4 Å². The lowest BCUT2D eigenvalue weighted by Crippen LogP contribution is -2.39. The van der Waals surface area contributed by atoms with E-state index in [2.05, 4.69) is 15.4 Å². The molecule has 2 heterocycles. The predicted molar refractivity (Wildman–Crippen MR) is 86.8 cm³/mol. The van der Waals surface area contributed by atoms with Gasteiger partial charge in [-0.1, -0.05) is 20.8 Å². The quantitative estimate of drug-likeness (QED) is 0.902. The highest BCUT2D eigenvalue weighted by atomic mass is 32.1. The van der Waals surface area contributed by atoms with E-state index in [4.69, 9.17) is 0 Å². The first-order valence-electron chi connectivity index (χ1n) is 7.11. The first-order valence-corrected chi connectivity index (χ1v) is 7.93. The Balaban J connectivity index is 2.09. The molecule has 0 fully saturated rings. The molecule has 0 saturated carbocycles. The summed E-state index contributed by atoms with van der Waals surface area (Å²) in [6, 6.07) is 0. The number of aryl methyl sites for hydroxylation is 2. The van der Waals surface area contributed by atoms with Gasteiger partial charge in [-0.3, -0.25) is 9.48 Å². The van der Waals surface area contributed by atoms with Crippen LogP contribution >= 0.6 is 11.3 Å². The van der Waals surface area contributed by atoms with E-state index in [9.17, 15) is 9.90 Å². The number of carbonyl (C=O) groups excluding carboxylic acids is 1. The number of carbonyl (C=O) groups is 1. The van der Waals surface area contributed by atoms with Crippen LogP contribution in [0.4, 0.5) is 0 Å². The smallest absolute Gasteiger partial charge is 0.263 e. The molecule has 0 aliphatic heterocycles. The molecule has 0 radical (unpaired) electrons. The fourth-order valence-electron chi connectivity index (χ4n) is 1.84. The van der Waals surface area contributed by atoms with Crippen LogP contribution in [0.15, 0.2) is 12.4 Å². The molecular weight excluding hydrogens is 300 g/mol. The normalized spacial score (nSPS) is 13.2. The second-order valence-electron chi connectivity index (χ2n) is 6.43. The van der Waals surface area contributed by atoms with E-state index in [0.717, 1.165) is 10.6 Å². The number of rotatable bonds is 4. The number of aromatic nitrogens is 3. The van der Waals surface area contributed by atoms with Gasteiger partial charge in [-0.2, -0.15) is 5.10 Å². The summed E-state index contributed by atoms with van der Waals surface area (Å²) in [5.41, 5.74) is 1.31. The van der Waals surface area contributed by atoms with Gasteiger partial charge in [0.2, 0.25) is 0 Å². The van der Waals surface area contributed by atoms with E-state index in [1.807, 2.05) is 40.9 Å². The zero-order valence-corrected chi connectivity index (χ0v) is 14.4. The Labute approximate surface area is 134 Å². The fourth-order valence-corrected chi connectivity index (χ4v) is 2.80. The Hall–Kier alpha value is -1.73. The maximum atomic E-state index is 12.3. The standard InChI is InChI=1S/C15H22N4O2S/c1-9-12(13(21)16-7-11(20)15(2,3)4)22-14(18-9)10-6-17-19(5)8-10/h6,8,11,20H,7H2,1-5H3,(H,16,21). The van der Waals surface area contributed by atoms with Crippen LogP contribution in [0.1, 0.15) is 36.1 Å². The predicted octanol–water partition coefficient (Wildman–Crippen LogP) is 1.99. The average Bonchev–Trinajstić information content (AvgIpc) is 3.00. The van der Waals surface area contributed by atoms with Crippen molar-refractivity contribution in [1.29, 1.82) is 0 Å². The molecule has 2 N–H and O–H groups in total. The van der Waals surface area contributed by atoms with E-state index in [0.29, 0.717) is 10.6 Å². The van der Waals surface area contributed by atoms with Gasteiger partial charge in [-0.15, -0.1) is 11.3 Å². The summed E-state index contributed by atoms with van der Waals surface area (Å²) in [5.74, 6) is -0.201. The number of aliphatic hydroxyl groups excluding tert-OH is 1. The Morgan fingerprint density at radius 3 is 2.73 bits per heavy atom. The number of thiazole rings is 1. The highest BCUT2D eigenvalue weighted by molar-refractivity contribution is 7.17. The van der Waals surface area contributed by atoms with Gasteiger partial charge in [0.1, 0.15) is 9.88 Å². The van der Waals surface area contributed by atoms with Crippen LogP contribution in [0, 0.1) is 12.3 Å². The van der Waals surface area contributed by atoms with Gasteiger partial charge < -0.3 is 10.4 Å². The molecule has 0 spiro atoms. The van der Waals surface area contributed by atoms with Gasteiger partial charge in [0.25, 0.3) is 5.91 Å². The molecule has 1 unspecified atom stereocenters. The van der Waals surface area contributed by atoms with Crippen LogP contribution in [-0.2, 0) is 7.05 Å². The van der Waals surface area contributed by atoms with E-state index in [1.54, 1.807) is 10.9 Å². The molecule has 120 valence electrons. The summed E-state index contributed by atoms with van der Waals surface area (Å²) in [5, 5.41) is 17.7. The number of nitrogens with one attached hydrogen (secondary N) is 1.